The fourth-order valence-electron chi connectivity index (χ4n) is 0.236. The van der Waals surface area contributed by atoms with E-state index >= 15 is 0 Å². The molecule has 37 valence electrons. The normalized spacial score (nSPS) is 9.00. The molecule has 0 saturated heterocycles. The van der Waals surface area contributed by atoms with Gasteiger partial charge in [0.05, 0.1) is 0 Å². The fourth-order valence-corrected chi connectivity index (χ4v) is 0.236. The summed E-state index contributed by atoms with van der Waals surface area (Å²) in [7, 11) is 0. The standard InChI is InChI=1S/C4H11N2/c5-3-1-2-4-6/h1H,2-6H2. The van der Waals surface area contributed by atoms with Gasteiger partial charge in [-0.25, -0.2) is 0 Å². The van der Waals surface area contributed by atoms with Crippen LogP contribution in [0.3, 0.4) is 0 Å². The van der Waals surface area contributed by atoms with E-state index in [0.29, 0.717) is 6.54 Å². The van der Waals surface area contributed by atoms with Gasteiger partial charge in [-0.05, 0) is 25.9 Å². The second kappa shape index (κ2) is 4.92. The minimum Gasteiger partial charge on any atom is -0.330 e. The Labute approximate surface area is 38.5 Å². The van der Waals surface area contributed by atoms with Crippen molar-refractivity contribution in [1.82, 2.24) is 0 Å². The maximum absolute atomic E-state index is 5.13. The fraction of sp³-hybridized carbons (Fsp3) is 0.750. The van der Waals surface area contributed by atoms with Gasteiger partial charge in [-0.2, -0.15) is 0 Å². The Morgan fingerprint density at radius 3 is 2.17 bits per heavy atom. The van der Waals surface area contributed by atoms with Crippen LogP contribution in [-0.2, 0) is 0 Å². The second-order valence-electron chi connectivity index (χ2n) is 1.10. The Hall–Kier alpha value is -0.0800. The Morgan fingerprint density at radius 1 is 1.33 bits per heavy atom. The van der Waals surface area contributed by atoms with Crippen LogP contribution in [0.25, 0.3) is 0 Å². The summed E-state index contributed by atoms with van der Waals surface area (Å²) in [5, 5.41) is 0. The van der Waals surface area contributed by atoms with E-state index in [0.717, 1.165) is 13.0 Å². The Balaban J connectivity index is 2.34. The van der Waals surface area contributed by atoms with E-state index in [1.54, 1.807) is 0 Å². The number of rotatable bonds is 3. The maximum Gasteiger partial charge on any atom is -0.00453 e. The van der Waals surface area contributed by atoms with Gasteiger partial charge < -0.3 is 11.5 Å². The molecule has 0 heterocycles. The summed E-state index contributed by atoms with van der Waals surface area (Å²) in [4.78, 5) is 0. The molecule has 0 aliphatic heterocycles. The zero-order valence-electron chi connectivity index (χ0n) is 3.85. The molecule has 0 saturated carbocycles. The number of hydrogen-bond acceptors (Lipinski definition) is 2. The molecule has 0 unspecified atom stereocenters. The molecule has 0 aliphatic rings. The van der Waals surface area contributed by atoms with E-state index in [-0.39, 0.29) is 0 Å². The lowest BCUT2D eigenvalue weighted by Gasteiger charge is -1.86. The van der Waals surface area contributed by atoms with Gasteiger partial charge in [0.15, 0.2) is 0 Å². The lowest BCUT2D eigenvalue weighted by molar-refractivity contribution is 0.907. The van der Waals surface area contributed by atoms with Crippen LogP contribution in [0.4, 0.5) is 0 Å². The van der Waals surface area contributed by atoms with Gasteiger partial charge in [0.2, 0.25) is 0 Å². The van der Waals surface area contributed by atoms with E-state index in [4.69, 9.17) is 11.5 Å². The van der Waals surface area contributed by atoms with E-state index < -0.39 is 0 Å². The highest BCUT2D eigenvalue weighted by Gasteiger charge is 1.75. The van der Waals surface area contributed by atoms with Crippen LogP contribution in [0.15, 0.2) is 0 Å². The monoisotopic (exact) mass is 87.1 g/mol. The van der Waals surface area contributed by atoms with Crippen molar-refractivity contribution in [1.29, 1.82) is 0 Å². The van der Waals surface area contributed by atoms with Crippen LogP contribution >= 0.6 is 0 Å². The lowest BCUT2D eigenvalue weighted by Crippen LogP contribution is -2.04. The predicted octanol–water partition coefficient (Wildman–Crippen LogP) is -0.502. The molecule has 0 aliphatic carbocycles. The van der Waals surface area contributed by atoms with Crippen LogP contribution in [0.2, 0.25) is 0 Å². The first-order valence-electron chi connectivity index (χ1n) is 2.13. The zero-order chi connectivity index (χ0) is 4.83. The molecule has 0 fully saturated rings. The largest absolute Gasteiger partial charge is 0.330 e. The predicted molar refractivity (Wildman–Crippen MR) is 27.0 cm³/mol. The summed E-state index contributed by atoms with van der Waals surface area (Å²) >= 11 is 0. The van der Waals surface area contributed by atoms with Crippen molar-refractivity contribution in [3.8, 4) is 0 Å². The van der Waals surface area contributed by atoms with Crippen molar-refractivity contribution in [2.45, 2.75) is 6.42 Å². The third kappa shape index (κ3) is 3.92. The quantitative estimate of drug-likeness (QED) is 0.456. The first kappa shape index (κ1) is 5.92. The first-order valence-corrected chi connectivity index (χ1v) is 2.13. The molecule has 2 nitrogen and oxygen atoms in total. The molecule has 4 N–H and O–H groups in total. The molecule has 1 radical (unpaired) electrons. The van der Waals surface area contributed by atoms with E-state index in [9.17, 15) is 0 Å². The van der Waals surface area contributed by atoms with Gasteiger partial charge in [-0.1, -0.05) is 0 Å². The van der Waals surface area contributed by atoms with Crippen molar-refractivity contribution in [2.75, 3.05) is 13.1 Å². The number of hydrogen-bond donors (Lipinski definition) is 2. The summed E-state index contributed by atoms with van der Waals surface area (Å²) in [6.45, 7) is 1.37. The maximum atomic E-state index is 5.13. The molecule has 6 heavy (non-hydrogen) atoms. The third-order valence-electron chi connectivity index (χ3n) is 0.537. The van der Waals surface area contributed by atoms with Gasteiger partial charge in [0.1, 0.15) is 0 Å². The average Bonchev–Trinajstić information content (AvgIpc) is 1.61. The molecule has 0 aromatic rings. The van der Waals surface area contributed by atoms with Gasteiger partial charge in [0.25, 0.3) is 0 Å². The summed E-state index contributed by atoms with van der Waals surface area (Å²) < 4.78 is 0. The number of unbranched alkanes of at least 4 members (excludes halogenated alkanes) is 1. The molecule has 0 spiro atoms. The molecule has 0 aromatic heterocycles. The topological polar surface area (TPSA) is 52.0 Å². The van der Waals surface area contributed by atoms with E-state index in [1.165, 1.54) is 0 Å². The smallest absolute Gasteiger partial charge is 0.00453 e. The highest BCUT2D eigenvalue weighted by molar-refractivity contribution is 4.63. The molecule has 0 amide bonds. The van der Waals surface area contributed by atoms with Crippen LogP contribution < -0.4 is 11.5 Å². The van der Waals surface area contributed by atoms with Gasteiger partial charge in [-0.3, -0.25) is 0 Å². The first-order chi connectivity index (χ1) is 2.91. The summed E-state index contributed by atoms with van der Waals surface area (Å²) in [5.41, 5.74) is 10.2. The van der Waals surface area contributed by atoms with E-state index in [2.05, 4.69) is 0 Å². The highest BCUT2D eigenvalue weighted by atomic mass is 14.5. The zero-order valence-corrected chi connectivity index (χ0v) is 3.85. The van der Waals surface area contributed by atoms with Gasteiger partial charge in [0, 0.05) is 0 Å². The van der Waals surface area contributed by atoms with Crippen molar-refractivity contribution in [2.24, 2.45) is 11.5 Å². The molecule has 0 rings (SSSR count). The highest BCUT2D eigenvalue weighted by Crippen LogP contribution is 1.75. The van der Waals surface area contributed by atoms with E-state index in [1.807, 2.05) is 6.42 Å². The molecular weight excluding hydrogens is 76.1 g/mol. The van der Waals surface area contributed by atoms with Crippen LogP contribution in [0.5, 0.6) is 0 Å². The minimum absolute atomic E-state index is 0.650. The number of nitrogens with two attached hydrogens (primary N) is 2. The molecule has 0 aromatic carbocycles. The SMILES string of the molecule is NC[CH]CCN. The summed E-state index contributed by atoms with van der Waals surface area (Å²) in [5.74, 6) is 0. The third-order valence-corrected chi connectivity index (χ3v) is 0.537. The molecule has 2 heteroatoms. The van der Waals surface area contributed by atoms with Crippen molar-refractivity contribution in [3.05, 3.63) is 6.42 Å². The molecule has 0 bridgehead atoms. The van der Waals surface area contributed by atoms with Gasteiger partial charge in [-0.15, -0.1) is 0 Å². The van der Waals surface area contributed by atoms with Crippen molar-refractivity contribution in [3.63, 3.8) is 0 Å². The molecular formula is C4H11N2. The summed E-state index contributed by atoms with van der Waals surface area (Å²) in [6.07, 6.45) is 2.90. The van der Waals surface area contributed by atoms with Crippen LogP contribution in [0, 0.1) is 6.42 Å². The Morgan fingerprint density at radius 2 is 2.00 bits per heavy atom. The lowest BCUT2D eigenvalue weighted by atomic mass is 10.3. The summed E-state index contributed by atoms with van der Waals surface area (Å²) in [6, 6.07) is 0. The average molecular weight is 87.1 g/mol. The van der Waals surface area contributed by atoms with Crippen LogP contribution in [0.1, 0.15) is 6.42 Å². The molecule has 0 atom stereocenters. The second-order valence-corrected chi connectivity index (χ2v) is 1.10. The van der Waals surface area contributed by atoms with Crippen molar-refractivity contribution < 1.29 is 0 Å². The Bertz CT molecular complexity index is 17.5. The van der Waals surface area contributed by atoms with Crippen LogP contribution in [-0.4, -0.2) is 13.1 Å². The van der Waals surface area contributed by atoms with Gasteiger partial charge >= 0.3 is 0 Å². The minimum atomic E-state index is 0.650. The Kier molecular flexibility index (Phi) is 4.85. The van der Waals surface area contributed by atoms with Crippen molar-refractivity contribution >= 4 is 0 Å².